The topological polar surface area (TPSA) is 52.6 Å². The Bertz CT molecular complexity index is 696. The molecular weight excluding hydrogens is 336 g/mol. The second-order valence-corrected chi connectivity index (χ2v) is 7.69. The van der Waals surface area contributed by atoms with Crippen LogP contribution in [-0.4, -0.2) is 30.2 Å². The van der Waals surface area contributed by atoms with Crippen LogP contribution in [0.4, 0.5) is 5.69 Å². The number of amides is 1. The van der Waals surface area contributed by atoms with E-state index >= 15 is 0 Å². The van der Waals surface area contributed by atoms with Crippen LogP contribution in [0, 0.1) is 5.92 Å². The second kappa shape index (κ2) is 10.1. The fourth-order valence-corrected chi connectivity index (χ4v) is 3.18. The molecule has 0 aliphatic carbocycles. The molecule has 0 saturated carbocycles. The molecule has 27 heavy (non-hydrogen) atoms. The number of nitrogens with zero attached hydrogens (tertiary/aromatic N) is 1. The molecule has 0 heterocycles. The Morgan fingerprint density at radius 1 is 1.00 bits per heavy atom. The van der Waals surface area contributed by atoms with Crippen molar-refractivity contribution >= 4 is 11.6 Å². The standard InChI is InChI=1S/C23H32N2O2/c1-17(2)14-20-10-12-21(13-11-20)19(4)24-23(27)16-25(15-18(3)26)22-8-6-5-7-9-22/h5-13,17-19,26H,14-16H2,1-4H3,(H,24,27). The van der Waals surface area contributed by atoms with Crippen LogP contribution in [-0.2, 0) is 11.2 Å². The normalized spacial score (nSPS) is 13.3. The molecule has 0 saturated heterocycles. The van der Waals surface area contributed by atoms with Crippen LogP contribution in [0.1, 0.15) is 44.9 Å². The summed E-state index contributed by atoms with van der Waals surface area (Å²) in [6.45, 7) is 8.78. The van der Waals surface area contributed by atoms with Crippen molar-refractivity contribution in [2.24, 2.45) is 5.92 Å². The van der Waals surface area contributed by atoms with E-state index in [4.69, 9.17) is 0 Å². The molecule has 2 aromatic rings. The van der Waals surface area contributed by atoms with E-state index in [0.29, 0.717) is 12.5 Å². The molecule has 4 heteroatoms. The maximum atomic E-state index is 12.6. The van der Waals surface area contributed by atoms with Crippen LogP contribution < -0.4 is 10.2 Å². The van der Waals surface area contributed by atoms with Crippen molar-refractivity contribution in [3.05, 3.63) is 65.7 Å². The molecule has 1 amide bonds. The van der Waals surface area contributed by atoms with Gasteiger partial charge in [-0.05, 0) is 49.4 Å². The van der Waals surface area contributed by atoms with E-state index in [2.05, 4.69) is 43.4 Å². The number of hydrogen-bond acceptors (Lipinski definition) is 3. The first kappa shape index (κ1) is 21.0. The van der Waals surface area contributed by atoms with Crippen molar-refractivity contribution in [2.45, 2.75) is 46.3 Å². The Morgan fingerprint density at radius 2 is 1.63 bits per heavy atom. The lowest BCUT2D eigenvalue weighted by Crippen LogP contribution is -2.41. The molecule has 2 aromatic carbocycles. The van der Waals surface area contributed by atoms with Gasteiger partial charge in [0.2, 0.25) is 5.91 Å². The third-order valence-corrected chi connectivity index (χ3v) is 4.44. The third kappa shape index (κ3) is 7.06. The van der Waals surface area contributed by atoms with Crippen LogP contribution in [0.15, 0.2) is 54.6 Å². The van der Waals surface area contributed by atoms with E-state index in [9.17, 15) is 9.90 Å². The van der Waals surface area contributed by atoms with Crippen LogP contribution in [0.25, 0.3) is 0 Å². The summed E-state index contributed by atoms with van der Waals surface area (Å²) in [5.74, 6) is 0.573. The van der Waals surface area contributed by atoms with Gasteiger partial charge in [-0.1, -0.05) is 56.3 Å². The molecule has 0 spiro atoms. The van der Waals surface area contributed by atoms with Crippen molar-refractivity contribution in [2.75, 3.05) is 18.0 Å². The maximum Gasteiger partial charge on any atom is 0.239 e. The summed E-state index contributed by atoms with van der Waals surface area (Å²) in [5.41, 5.74) is 3.34. The lowest BCUT2D eigenvalue weighted by molar-refractivity contribution is -0.120. The Labute approximate surface area is 163 Å². The summed E-state index contributed by atoms with van der Waals surface area (Å²) in [7, 11) is 0. The Balaban J connectivity index is 1.97. The van der Waals surface area contributed by atoms with Gasteiger partial charge in [-0.25, -0.2) is 0 Å². The number of hydrogen-bond donors (Lipinski definition) is 2. The Kier molecular flexibility index (Phi) is 7.86. The van der Waals surface area contributed by atoms with Crippen molar-refractivity contribution in [3.8, 4) is 0 Å². The highest BCUT2D eigenvalue weighted by Gasteiger charge is 2.16. The molecule has 0 aliphatic rings. The molecule has 0 bridgehead atoms. The average Bonchev–Trinajstić information content (AvgIpc) is 2.61. The minimum Gasteiger partial charge on any atom is -0.392 e. The SMILES string of the molecule is CC(C)Cc1ccc(C(C)NC(=O)CN(CC(C)O)c2ccccc2)cc1. The van der Waals surface area contributed by atoms with Crippen molar-refractivity contribution in [1.29, 1.82) is 0 Å². The smallest absolute Gasteiger partial charge is 0.239 e. The van der Waals surface area contributed by atoms with Gasteiger partial charge >= 0.3 is 0 Å². The van der Waals surface area contributed by atoms with Crippen molar-refractivity contribution < 1.29 is 9.90 Å². The second-order valence-electron chi connectivity index (χ2n) is 7.69. The van der Waals surface area contributed by atoms with E-state index in [-0.39, 0.29) is 18.5 Å². The van der Waals surface area contributed by atoms with Gasteiger partial charge in [-0.3, -0.25) is 4.79 Å². The quantitative estimate of drug-likeness (QED) is 0.705. The van der Waals surface area contributed by atoms with E-state index in [1.54, 1.807) is 6.92 Å². The molecule has 2 rings (SSSR count). The maximum absolute atomic E-state index is 12.6. The number of aliphatic hydroxyl groups is 1. The Hall–Kier alpha value is -2.33. The molecule has 4 nitrogen and oxygen atoms in total. The van der Waals surface area contributed by atoms with Gasteiger partial charge in [-0.2, -0.15) is 0 Å². The van der Waals surface area contributed by atoms with Gasteiger partial charge in [0.15, 0.2) is 0 Å². The third-order valence-electron chi connectivity index (χ3n) is 4.44. The zero-order chi connectivity index (χ0) is 19.8. The zero-order valence-corrected chi connectivity index (χ0v) is 16.9. The van der Waals surface area contributed by atoms with Crippen molar-refractivity contribution in [1.82, 2.24) is 5.32 Å². The molecule has 2 unspecified atom stereocenters. The molecule has 2 N–H and O–H groups in total. The summed E-state index contributed by atoms with van der Waals surface area (Å²) in [6.07, 6.45) is 0.552. The fourth-order valence-electron chi connectivity index (χ4n) is 3.18. The summed E-state index contributed by atoms with van der Waals surface area (Å²) in [5, 5.41) is 12.8. The van der Waals surface area contributed by atoms with E-state index in [1.165, 1.54) is 5.56 Å². The number of anilines is 1. The van der Waals surface area contributed by atoms with Gasteiger partial charge < -0.3 is 15.3 Å². The first-order valence-electron chi connectivity index (χ1n) is 9.71. The largest absolute Gasteiger partial charge is 0.392 e. The molecule has 146 valence electrons. The number of aliphatic hydroxyl groups excluding tert-OH is 1. The van der Waals surface area contributed by atoms with Crippen LogP contribution in [0.3, 0.4) is 0 Å². The predicted octanol–water partition coefficient (Wildman–Crippen LogP) is 3.95. The number of para-hydroxylation sites is 1. The summed E-state index contributed by atoms with van der Waals surface area (Å²) < 4.78 is 0. The number of benzene rings is 2. The van der Waals surface area contributed by atoms with Crippen LogP contribution in [0.5, 0.6) is 0 Å². The van der Waals surface area contributed by atoms with Gasteiger partial charge in [0.05, 0.1) is 18.7 Å². The first-order valence-corrected chi connectivity index (χ1v) is 9.71. The number of nitrogens with one attached hydrogen (secondary N) is 1. The zero-order valence-electron chi connectivity index (χ0n) is 16.9. The van der Waals surface area contributed by atoms with E-state index in [1.807, 2.05) is 42.2 Å². The monoisotopic (exact) mass is 368 g/mol. The lowest BCUT2D eigenvalue weighted by atomic mass is 10.00. The molecule has 2 atom stereocenters. The average molecular weight is 369 g/mol. The minimum absolute atomic E-state index is 0.0572. The number of rotatable bonds is 9. The highest BCUT2D eigenvalue weighted by atomic mass is 16.3. The first-order chi connectivity index (χ1) is 12.8. The minimum atomic E-state index is -0.510. The molecule has 0 aliphatic heterocycles. The molecule has 0 fully saturated rings. The van der Waals surface area contributed by atoms with Crippen molar-refractivity contribution in [3.63, 3.8) is 0 Å². The fraction of sp³-hybridized carbons (Fsp3) is 0.435. The summed E-state index contributed by atoms with van der Waals surface area (Å²) >= 11 is 0. The van der Waals surface area contributed by atoms with Crippen LogP contribution in [0.2, 0.25) is 0 Å². The predicted molar refractivity (Wildman–Crippen MR) is 112 cm³/mol. The van der Waals surface area contributed by atoms with E-state index in [0.717, 1.165) is 17.7 Å². The summed E-state index contributed by atoms with van der Waals surface area (Å²) in [6, 6.07) is 18.1. The van der Waals surface area contributed by atoms with Gasteiger partial charge in [0.25, 0.3) is 0 Å². The highest BCUT2D eigenvalue weighted by Crippen LogP contribution is 2.17. The number of carbonyl (C=O) groups is 1. The van der Waals surface area contributed by atoms with Crippen LogP contribution >= 0.6 is 0 Å². The number of carbonyl (C=O) groups excluding carboxylic acids is 1. The molecule has 0 aromatic heterocycles. The van der Waals surface area contributed by atoms with Gasteiger partial charge in [0, 0.05) is 12.2 Å². The lowest BCUT2D eigenvalue weighted by Gasteiger charge is -2.26. The van der Waals surface area contributed by atoms with E-state index < -0.39 is 6.10 Å². The summed E-state index contributed by atoms with van der Waals surface area (Å²) in [4.78, 5) is 14.5. The molecular formula is C23H32N2O2. The Morgan fingerprint density at radius 3 is 2.19 bits per heavy atom. The highest BCUT2D eigenvalue weighted by molar-refractivity contribution is 5.81. The van der Waals surface area contributed by atoms with Gasteiger partial charge in [-0.15, -0.1) is 0 Å². The van der Waals surface area contributed by atoms with Gasteiger partial charge in [0.1, 0.15) is 0 Å². The molecule has 0 radical (unpaired) electrons.